The number of nitrogens with one attached hydrogen (secondary N) is 1. The molecule has 0 unspecified atom stereocenters. The minimum absolute atomic E-state index is 0.0667. The molecule has 1 atom stereocenters. The van der Waals surface area contributed by atoms with Crippen LogP contribution in [0.2, 0.25) is 0 Å². The highest BCUT2D eigenvalue weighted by Gasteiger charge is 2.33. The monoisotopic (exact) mass is 627 g/mol. The Morgan fingerprint density at radius 1 is 1.00 bits per heavy atom. The molecule has 3 aromatic rings. The summed E-state index contributed by atoms with van der Waals surface area (Å²) < 4.78 is 34.8. The molecule has 0 heterocycles. The summed E-state index contributed by atoms with van der Waals surface area (Å²) in [5, 5.41) is 3.08. The van der Waals surface area contributed by atoms with Crippen LogP contribution in [0.15, 0.2) is 88.2 Å². The summed E-state index contributed by atoms with van der Waals surface area (Å²) >= 11 is 3.39. The molecule has 8 nitrogen and oxygen atoms in total. The van der Waals surface area contributed by atoms with E-state index >= 15 is 0 Å². The fourth-order valence-electron chi connectivity index (χ4n) is 4.80. The van der Waals surface area contributed by atoms with Gasteiger partial charge in [-0.1, -0.05) is 59.1 Å². The van der Waals surface area contributed by atoms with Crippen molar-refractivity contribution in [3.05, 3.63) is 88.9 Å². The average Bonchev–Trinajstić information content (AvgIpc) is 3.48. The van der Waals surface area contributed by atoms with E-state index in [0.717, 1.165) is 40.0 Å². The summed E-state index contributed by atoms with van der Waals surface area (Å²) in [5.74, 6) is -0.139. The summed E-state index contributed by atoms with van der Waals surface area (Å²) in [6.07, 6.45) is 3.94. The van der Waals surface area contributed by atoms with Crippen LogP contribution >= 0.6 is 15.9 Å². The van der Waals surface area contributed by atoms with Crippen molar-refractivity contribution in [1.82, 2.24) is 10.2 Å². The SMILES string of the molecule is COc1cccc(CN(C(=O)CN(c2ccc(Br)cc2)S(=O)(=O)c2ccccc2)[C@@H](C)C(=O)NC2CCCC2)c1. The number of nitrogens with zero attached hydrogens (tertiary/aromatic N) is 2. The first kappa shape index (κ1) is 29.6. The summed E-state index contributed by atoms with van der Waals surface area (Å²) in [4.78, 5) is 28.8. The van der Waals surface area contributed by atoms with Gasteiger partial charge in [0.2, 0.25) is 11.8 Å². The summed E-state index contributed by atoms with van der Waals surface area (Å²) in [6.45, 7) is 1.30. The quantitative estimate of drug-likeness (QED) is 0.318. The Morgan fingerprint density at radius 2 is 1.68 bits per heavy atom. The van der Waals surface area contributed by atoms with Crippen LogP contribution < -0.4 is 14.4 Å². The average molecular weight is 629 g/mol. The molecule has 2 amide bonds. The summed E-state index contributed by atoms with van der Waals surface area (Å²) in [6, 6.07) is 21.2. The number of sulfonamides is 1. The van der Waals surface area contributed by atoms with Crippen molar-refractivity contribution in [3.63, 3.8) is 0 Å². The zero-order valence-electron chi connectivity index (χ0n) is 22.6. The molecule has 212 valence electrons. The summed E-state index contributed by atoms with van der Waals surface area (Å²) in [5.41, 5.74) is 1.10. The third-order valence-electron chi connectivity index (χ3n) is 7.08. The second kappa shape index (κ2) is 13.3. The third-order valence-corrected chi connectivity index (χ3v) is 9.40. The van der Waals surface area contributed by atoms with E-state index in [1.807, 2.05) is 12.1 Å². The molecule has 0 radical (unpaired) electrons. The number of benzene rings is 3. The van der Waals surface area contributed by atoms with Gasteiger partial charge in [0.15, 0.2) is 0 Å². The van der Waals surface area contributed by atoms with E-state index in [-0.39, 0.29) is 23.4 Å². The highest BCUT2D eigenvalue weighted by Crippen LogP contribution is 2.26. The predicted molar refractivity (Wildman–Crippen MR) is 159 cm³/mol. The molecule has 1 N–H and O–H groups in total. The molecule has 1 fully saturated rings. The van der Waals surface area contributed by atoms with Crippen molar-refractivity contribution >= 4 is 43.5 Å². The summed E-state index contributed by atoms with van der Waals surface area (Å²) in [7, 11) is -2.53. The molecule has 0 saturated heterocycles. The first-order chi connectivity index (χ1) is 19.2. The molecule has 0 bridgehead atoms. The van der Waals surface area contributed by atoms with Crippen molar-refractivity contribution < 1.29 is 22.7 Å². The lowest BCUT2D eigenvalue weighted by Crippen LogP contribution is -2.52. The van der Waals surface area contributed by atoms with Gasteiger partial charge >= 0.3 is 0 Å². The highest BCUT2D eigenvalue weighted by atomic mass is 79.9. The van der Waals surface area contributed by atoms with E-state index in [1.165, 1.54) is 17.0 Å². The van der Waals surface area contributed by atoms with Crippen LogP contribution in [-0.2, 0) is 26.2 Å². The first-order valence-electron chi connectivity index (χ1n) is 13.2. The van der Waals surface area contributed by atoms with Gasteiger partial charge in [0, 0.05) is 17.1 Å². The van der Waals surface area contributed by atoms with Crippen LogP contribution in [0.1, 0.15) is 38.2 Å². The number of hydrogen-bond acceptors (Lipinski definition) is 5. The fourth-order valence-corrected chi connectivity index (χ4v) is 6.50. The van der Waals surface area contributed by atoms with Crippen LogP contribution in [0, 0.1) is 0 Å². The lowest BCUT2D eigenvalue weighted by atomic mass is 10.1. The maximum absolute atomic E-state index is 14.0. The van der Waals surface area contributed by atoms with Gasteiger partial charge in [-0.3, -0.25) is 13.9 Å². The normalized spacial score (nSPS) is 14.4. The number of methoxy groups -OCH3 is 1. The van der Waals surface area contributed by atoms with Gasteiger partial charge in [0.1, 0.15) is 18.3 Å². The van der Waals surface area contributed by atoms with Crippen LogP contribution in [-0.4, -0.2) is 50.9 Å². The van der Waals surface area contributed by atoms with E-state index < -0.39 is 28.5 Å². The van der Waals surface area contributed by atoms with Gasteiger partial charge in [0.25, 0.3) is 10.0 Å². The maximum Gasteiger partial charge on any atom is 0.264 e. The number of hydrogen-bond donors (Lipinski definition) is 1. The molecule has 1 aliphatic rings. The Bertz CT molecular complexity index is 1410. The van der Waals surface area contributed by atoms with E-state index in [1.54, 1.807) is 68.6 Å². The number of halogens is 1. The van der Waals surface area contributed by atoms with E-state index in [4.69, 9.17) is 4.74 Å². The van der Waals surface area contributed by atoms with Crippen molar-refractivity contribution in [2.24, 2.45) is 0 Å². The van der Waals surface area contributed by atoms with Gasteiger partial charge in [-0.2, -0.15) is 0 Å². The first-order valence-corrected chi connectivity index (χ1v) is 15.5. The van der Waals surface area contributed by atoms with Crippen LogP contribution in [0.3, 0.4) is 0 Å². The van der Waals surface area contributed by atoms with Crippen molar-refractivity contribution in [3.8, 4) is 5.75 Å². The van der Waals surface area contributed by atoms with Gasteiger partial charge in [0.05, 0.1) is 17.7 Å². The molecule has 10 heteroatoms. The van der Waals surface area contributed by atoms with Crippen LogP contribution in [0.5, 0.6) is 5.75 Å². The molecule has 0 aromatic heterocycles. The van der Waals surface area contributed by atoms with Crippen LogP contribution in [0.4, 0.5) is 5.69 Å². The maximum atomic E-state index is 14.0. The number of ether oxygens (including phenoxy) is 1. The van der Waals surface area contributed by atoms with Gasteiger partial charge in [-0.25, -0.2) is 8.42 Å². The van der Waals surface area contributed by atoms with Crippen molar-refractivity contribution in [1.29, 1.82) is 0 Å². The molecule has 1 aliphatic carbocycles. The fraction of sp³-hybridized carbons (Fsp3) is 0.333. The minimum atomic E-state index is -4.09. The van der Waals surface area contributed by atoms with Crippen molar-refractivity contribution in [2.45, 2.75) is 56.1 Å². The number of anilines is 1. The molecule has 3 aromatic carbocycles. The lowest BCUT2D eigenvalue weighted by Gasteiger charge is -2.32. The Hall–Kier alpha value is -3.37. The Kier molecular flexibility index (Phi) is 9.86. The van der Waals surface area contributed by atoms with E-state index in [2.05, 4.69) is 21.2 Å². The second-order valence-electron chi connectivity index (χ2n) is 9.84. The van der Waals surface area contributed by atoms with Crippen LogP contribution in [0.25, 0.3) is 0 Å². The molecule has 40 heavy (non-hydrogen) atoms. The predicted octanol–water partition coefficient (Wildman–Crippen LogP) is 5.13. The van der Waals surface area contributed by atoms with Gasteiger partial charge < -0.3 is 15.0 Å². The Balaban J connectivity index is 1.68. The highest BCUT2D eigenvalue weighted by molar-refractivity contribution is 9.10. The number of amides is 2. The largest absolute Gasteiger partial charge is 0.497 e. The molecule has 1 saturated carbocycles. The lowest BCUT2D eigenvalue weighted by molar-refractivity contribution is -0.139. The van der Waals surface area contributed by atoms with E-state index in [0.29, 0.717) is 11.4 Å². The molecule has 0 aliphatic heterocycles. The molecule has 4 rings (SSSR count). The molecule has 0 spiro atoms. The molecular formula is C30H34BrN3O5S. The zero-order valence-corrected chi connectivity index (χ0v) is 25.0. The second-order valence-corrected chi connectivity index (χ2v) is 12.6. The number of rotatable bonds is 11. The minimum Gasteiger partial charge on any atom is -0.497 e. The third kappa shape index (κ3) is 7.22. The topological polar surface area (TPSA) is 96.0 Å². The Labute approximate surface area is 244 Å². The van der Waals surface area contributed by atoms with Crippen molar-refractivity contribution in [2.75, 3.05) is 18.0 Å². The number of carbonyl (C=O) groups is 2. The Morgan fingerprint density at radius 3 is 2.33 bits per heavy atom. The zero-order chi connectivity index (χ0) is 28.7. The van der Waals surface area contributed by atoms with Gasteiger partial charge in [-0.15, -0.1) is 0 Å². The smallest absolute Gasteiger partial charge is 0.264 e. The molecular weight excluding hydrogens is 594 g/mol. The van der Waals surface area contributed by atoms with Gasteiger partial charge in [-0.05, 0) is 73.9 Å². The van der Waals surface area contributed by atoms with E-state index in [9.17, 15) is 18.0 Å². The standard InChI is InChI=1S/C30H34BrN3O5S/c1-22(30(36)32-25-10-6-7-11-25)33(20-23-9-8-12-27(19-23)39-2)29(35)21-34(26-17-15-24(31)16-18-26)40(37,38)28-13-4-3-5-14-28/h3-5,8-9,12-19,22,25H,6-7,10-11,20-21H2,1-2H3,(H,32,36)/t22-/m0/s1. The number of carbonyl (C=O) groups excluding carboxylic acids is 2.